The number of aliphatic hydroxyl groups excluding tert-OH is 5. The lowest BCUT2D eigenvalue weighted by atomic mass is 9.99. The number of unbranched alkanes of at least 4 members (excludes halogenated alkanes) is 33. The molecule has 1 amide bonds. The van der Waals surface area contributed by atoms with Crippen molar-refractivity contribution in [1.82, 2.24) is 5.32 Å². The van der Waals surface area contributed by atoms with Gasteiger partial charge in [-0.3, -0.25) is 9.59 Å². The molecule has 11 heteroatoms. The lowest BCUT2D eigenvalue weighted by Crippen LogP contribution is -2.60. The van der Waals surface area contributed by atoms with Crippen LogP contribution in [0.5, 0.6) is 0 Å². The Labute approximate surface area is 453 Å². The van der Waals surface area contributed by atoms with Crippen molar-refractivity contribution in [3.05, 3.63) is 48.6 Å². The molecule has 1 fully saturated rings. The molecule has 7 atom stereocenters. The second kappa shape index (κ2) is 52.7. The standard InChI is InChI=1S/C63H115NO10/c1-3-5-7-9-11-13-15-16-26-30-33-37-41-45-49-56(66)55(54-73-63-62(71)61(70)60(69)57(53-65)74-63)64-58(67)50-46-42-38-34-31-27-24-22-20-18-17-19-21-23-25-28-32-36-40-44-48-52-72-59(68)51-47-43-39-35-29-14-12-10-8-6-4-2/h13,15,18,20,30,33,45,49,55-57,60-63,65-66,69-71H,3-12,14,16-17,19,21-29,31-32,34-44,46-48,50-54H2,1-2H3,(H,64,67)/b15-13+,20-18-,33-30+,49-45+. The van der Waals surface area contributed by atoms with Crippen LogP contribution in [-0.2, 0) is 23.8 Å². The fourth-order valence-electron chi connectivity index (χ4n) is 9.46. The van der Waals surface area contributed by atoms with E-state index >= 15 is 0 Å². The van der Waals surface area contributed by atoms with Gasteiger partial charge in [0.25, 0.3) is 0 Å². The average Bonchev–Trinajstić information content (AvgIpc) is 3.40. The number of ether oxygens (including phenoxy) is 3. The van der Waals surface area contributed by atoms with Crippen molar-refractivity contribution in [1.29, 1.82) is 0 Å². The molecule has 0 aliphatic carbocycles. The smallest absolute Gasteiger partial charge is 0.305 e. The van der Waals surface area contributed by atoms with Crippen molar-refractivity contribution in [2.24, 2.45) is 0 Å². The summed E-state index contributed by atoms with van der Waals surface area (Å²) in [5.74, 6) is -0.211. The fraction of sp³-hybridized carbons (Fsp3) is 0.841. The maximum Gasteiger partial charge on any atom is 0.305 e. The highest BCUT2D eigenvalue weighted by molar-refractivity contribution is 5.76. The number of carbonyl (C=O) groups is 2. The van der Waals surface area contributed by atoms with Crippen LogP contribution in [-0.4, -0.2) is 100 Å². The second-order valence-electron chi connectivity index (χ2n) is 21.4. The predicted octanol–water partition coefficient (Wildman–Crippen LogP) is 14.5. The Morgan fingerprint density at radius 2 is 0.878 bits per heavy atom. The third-order valence-electron chi connectivity index (χ3n) is 14.4. The molecule has 1 rings (SSSR count). The molecule has 0 aromatic carbocycles. The van der Waals surface area contributed by atoms with Crippen molar-refractivity contribution < 1.29 is 49.3 Å². The van der Waals surface area contributed by atoms with Gasteiger partial charge in [0.1, 0.15) is 24.4 Å². The molecule has 1 aliphatic heterocycles. The second-order valence-corrected chi connectivity index (χ2v) is 21.4. The highest BCUT2D eigenvalue weighted by atomic mass is 16.7. The van der Waals surface area contributed by atoms with Crippen LogP contribution in [0, 0.1) is 0 Å². The minimum Gasteiger partial charge on any atom is -0.466 e. The third kappa shape index (κ3) is 41.7. The van der Waals surface area contributed by atoms with Crippen LogP contribution in [0.4, 0.5) is 0 Å². The van der Waals surface area contributed by atoms with Crippen molar-refractivity contribution in [3.63, 3.8) is 0 Å². The Hall–Kier alpha value is -2.38. The highest BCUT2D eigenvalue weighted by Gasteiger charge is 2.44. The number of aliphatic hydroxyl groups is 5. The molecular weight excluding hydrogens is 931 g/mol. The Kier molecular flexibility index (Phi) is 49.6. The molecule has 0 saturated carbocycles. The number of hydrogen-bond acceptors (Lipinski definition) is 10. The van der Waals surface area contributed by atoms with Crippen molar-refractivity contribution in [2.75, 3.05) is 19.8 Å². The largest absolute Gasteiger partial charge is 0.466 e. The van der Waals surface area contributed by atoms with E-state index in [1.54, 1.807) is 6.08 Å². The van der Waals surface area contributed by atoms with E-state index in [2.05, 4.69) is 55.6 Å². The Bertz CT molecular complexity index is 1370. The van der Waals surface area contributed by atoms with Gasteiger partial charge in [0.15, 0.2) is 6.29 Å². The van der Waals surface area contributed by atoms with E-state index in [1.165, 1.54) is 161 Å². The molecule has 0 aromatic rings. The summed E-state index contributed by atoms with van der Waals surface area (Å²) in [6.45, 7) is 4.29. The summed E-state index contributed by atoms with van der Waals surface area (Å²) in [5, 5.41) is 54.4. The summed E-state index contributed by atoms with van der Waals surface area (Å²) in [7, 11) is 0. The number of nitrogens with one attached hydrogen (secondary N) is 1. The van der Waals surface area contributed by atoms with E-state index < -0.39 is 49.5 Å². The van der Waals surface area contributed by atoms with Gasteiger partial charge in [-0.2, -0.15) is 0 Å². The molecule has 0 spiro atoms. The minimum atomic E-state index is -1.58. The lowest BCUT2D eigenvalue weighted by molar-refractivity contribution is -0.302. The molecule has 1 aliphatic rings. The predicted molar refractivity (Wildman–Crippen MR) is 306 cm³/mol. The SMILES string of the molecule is CCCCCC/C=C/CC/C=C/CC/C=C/C(O)C(COC1OC(CO)C(O)C(O)C1O)NC(=O)CCCCCCCCC/C=C\CCCCCCCCCCCCOC(=O)CCCCCCCCCCCCC. The zero-order valence-electron chi connectivity index (χ0n) is 47.6. The number of amides is 1. The number of hydrogen-bond donors (Lipinski definition) is 6. The average molecular weight is 1050 g/mol. The molecule has 0 aromatic heterocycles. The summed E-state index contributed by atoms with van der Waals surface area (Å²) >= 11 is 0. The maximum absolute atomic E-state index is 13.0. The minimum absolute atomic E-state index is 0.00646. The van der Waals surface area contributed by atoms with E-state index in [0.29, 0.717) is 19.4 Å². The third-order valence-corrected chi connectivity index (χ3v) is 14.4. The van der Waals surface area contributed by atoms with Gasteiger partial charge >= 0.3 is 5.97 Å². The van der Waals surface area contributed by atoms with Gasteiger partial charge in [-0.05, 0) is 83.5 Å². The van der Waals surface area contributed by atoms with Gasteiger partial charge in [-0.25, -0.2) is 0 Å². The Morgan fingerprint density at radius 3 is 1.35 bits per heavy atom. The van der Waals surface area contributed by atoms with Gasteiger partial charge < -0.3 is 45.1 Å². The number of carbonyl (C=O) groups excluding carboxylic acids is 2. The van der Waals surface area contributed by atoms with Gasteiger partial charge in [0, 0.05) is 12.8 Å². The number of allylic oxidation sites excluding steroid dienone is 7. The highest BCUT2D eigenvalue weighted by Crippen LogP contribution is 2.23. The molecule has 1 saturated heterocycles. The first-order valence-electron chi connectivity index (χ1n) is 30.9. The first kappa shape index (κ1) is 69.6. The molecule has 11 nitrogen and oxygen atoms in total. The Balaban J connectivity index is 2.11. The van der Waals surface area contributed by atoms with E-state index in [0.717, 1.165) is 89.9 Å². The molecule has 432 valence electrons. The summed E-state index contributed by atoms with van der Waals surface area (Å²) < 4.78 is 16.7. The van der Waals surface area contributed by atoms with E-state index in [-0.39, 0.29) is 18.5 Å². The zero-order valence-corrected chi connectivity index (χ0v) is 47.6. The normalized spacial score (nSPS) is 19.1. The summed E-state index contributed by atoms with van der Waals surface area (Å²) in [5.41, 5.74) is 0. The molecule has 6 N–H and O–H groups in total. The topological polar surface area (TPSA) is 175 Å². The first-order valence-corrected chi connectivity index (χ1v) is 30.9. The summed E-state index contributed by atoms with van der Waals surface area (Å²) in [4.78, 5) is 25.1. The maximum atomic E-state index is 13.0. The van der Waals surface area contributed by atoms with Gasteiger partial charge in [-0.15, -0.1) is 0 Å². The van der Waals surface area contributed by atoms with Crippen LogP contribution >= 0.6 is 0 Å². The van der Waals surface area contributed by atoms with Crippen molar-refractivity contribution in [3.8, 4) is 0 Å². The van der Waals surface area contributed by atoms with Crippen LogP contribution in [0.2, 0.25) is 0 Å². The molecule has 1 heterocycles. The quantitative estimate of drug-likeness (QED) is 0.0195. The molecule has 0 bridgehead atoms. The van der Waals surface area contributed by atoms with Crippen molar-refractivity contribution in [2.45, 2.75) is 320 Å². The number of rotatable bonds is 53. The number of esters is 1. The monoisotopic (exact) mass is 1050 g/mol. The first-order chi connectivity index (χ1) is 36.2. The van der Waals surface area contributed by atoms with Gasteiger partial charge in [-0.1, -0.05) is 229 Å². The molecule has 0 radical (unpaired) electrons. The lowest BCUT2D eigenvalue weighted by Gasteiger charge is -2.40. The van der Waals surface area contributed by atoms with Gasteiger partial charge in [0.2, 0.25) is 5.91 Å². The molecule has 74 heavy (non-hydrogen) atoms. The van der Waals surface area contributed by atoms with Crippen LogP contribution < -0.4 is 5.32 Å². The fourth-order valence-corrected chi connectivity index (χ4v) is 9.46. The Morgan fingerprint density at radius 1 is 0.486 bits per heavy atom. The van der Waals surface area contributed by atoms with Crippen LogP contribution in [0.25, 0.3) is 0 Å². The van der Waals surface area contributed by atoms with E-state index in [9.17, 15) is 35.1 Å². The summed E-state index contributed by atoms with van der Waals surface area (Å²) in [6.07, 6.45) is 56.3. The van der Waals surface area contributed by atoms with E-state index in [1.807, 2.05) is 6.08 Å². The molecular formula is C63H115NO10. The van der Waals surface area contributed by atoms with Crippen molar-refractivity contribution >= 4 is 11.9 Å². The van der Waals surface area contributed by atoms with Crippen LogP contribution in [0.3, 0.4) is 0 Å². The van der Waals surface area contributed by atoms with Crippen LogP contribution in [0.1, 0.15) is 277 Å². The zero-order chi connectivity index (χ0) is 53.8. The van der Waals surface area contributed by atoms with E-state index in [4.69, 9.17) is 14.2 Å². The van der Waals surface area contributed by atoms with Gasteiger partial charge in [0.05, 0.1) is 32.0 Å². The van der Waals surface area contributed by atoms with Crippen LogP contribution in [0.15, 0.2) is 48.6 Å². The summed E-state index contributed by atoms with van der Waals surface area (Å²) in [6, 6.07) is -0.841. The molecule has 7 unspecified atom stereocenters.